The summed E-state index contributed by atoms with van der Waals surface area (Å²) >= 11 is 3.42. The minimum absolute atomic E-state index is 0.0708. The number of hydrogen-bond donors (Lipinski definition) is 1. The van der Waals surface area contributed by atoms with E-state index >= 15 is 0 Å². The fourth-order valence-corrected chi connectivity index (χ4v) is 3.42. The molecular weight excluding hydrogens is 362 g/mol. The molecule has 5 nitrogen and oxygen atoms in total. The van der Waals surface area contributed by atoms with E-state index in [9.17, 15) is 9.59 Å². The maximum absolute atomic E-state index is 12.6. The van der Waals surface area contributed by atoms with E-state index in [2.05, 4.69) is 15.9 Å². The first kappa shape index (κ1) is 17.8. The molecular formula is C17H22BrNO4. The second-order valence-electron chi connectivity index (χ2n) is 5.91. The fourth-order valence-electron chi connectivity index (χ4n) is 3.01. The number of hydrogen-bond acceptors (Lipinski definition) is 3. The quantitative estimate of drug-likeness (QED) is 0.819. The van der Waals surface area contributed by atoms with Gasteiger partial charge in [0.05, 0.1) is 13.5 Å². The zero-order valence-electron chi connectivity index (χ0n) is 13.3. The highest BCUT2D eigenvalue weighted by Gasteiger charge is 2.24. The summed E-state index contributed by atoms with van der Waals surface area (Å²) in [6, 6.07) is 5.64. The minimum atomic E-state index is -0.771. The number of carboxylic acid groups (broad SMARTS) is 1. The third-order valence-electron chi connectivity index (χ3n) is 4.22. The summed E-state index contributed by atoms with van der Waals surface area (Å²) in [5.74, 6) is 0.294. The van der Waals surface area contributed by atoms with Crippen LogP contribution in [0.2, 0.25) is 0 Å². The van der Waals surface area contributed by atoms with Crippen molar-refractivity contribution >= 4 is 27.8 Å². The van der Waals surface area contributed by atoms with Crippen molar-refractivity contribution in [2.24, 2.45) is 5.92 Å². The topological polar surface area (TPSA) is 66.8 Å². The predicted octanol–water partition coefficient (Wildman–Crippen LogP) is 3.10. The standard InChI is InChI=1S/C17H22BrNO4/c1-23-15-6-5-14(18)9-13(15)10-16(20)19-8-2-3-12(11-19)4-7-17(21)22/h5-6,9,12H,2-4,7-8,10-11H2,1H3,(H,21,22)/t12-/m1/s1. The monoisotopic (exact) mass is 383 g/mol. The van der Waals surface area contributed by atoms with Gasteiger partial charge in [-0.2, -0.15) is 0 Å². The van der Waals surface area contributed by atoms with Gasteiger partial charge in [0.1, 0.15) is 5.75 Å². The summed E-state index contributed by atoms with van der Waals surface area (Å²) < 4.78 is 6.23. The van der Waals surface area contributed by atoms with Crippen LogP contribution in [-0.4, -0.2) is 42.1 Å². The number of likely N-dealkylation sites (tertiary alicyclic amines) is 1. The lowest BCUT2D eigenvalue weighted by Crippen LogP contribution is -2.40. The number of methoxy groups -OCH3 is 1. The summed E-state index contributed by atoms with van der Waals surface area (Å²) in [6.45, 7) is 1.40. The Morgan fingerprint density at radius 3 is 2.91 bits per heavy atom. The Labute approximate surface area is 144 Å². The Hall–Kier alpha value is -1.56. The van der Waals surface area contributed by atoms with E-state index in [1.54, 1.807) is 7.11 Å². The number of halogens is 1. The zero-order valence-corrected chi connectivity index (χ0v) is 14.8. The molecule has 0 spiro atoms. The van der Waals surface area contributed by atoms with Gasteiger partial charge in [-0.3, -0.25) is 9.59 Å². The molecule has 1 fully saturated rings. The molecule has 0 radical (unpaired) electrons. The number of aliphatic carboxylic acids is 1. The molecule has 2 rings (SSSR count). The molecule has 1 aliphatic rings. The summed E-state index contributed by atoms with van der Waals surface area (Å²) in [5, 5.41) is 8.80. The van der Waals surface area contributed by atoms with Crippen molar-refractivity contribution in [2.45, 2.75) is 32.1 Å². The molecule has 23 heavy (non-hydrogen) atoms. The first-order valence-electron chi connectivity index (χ1n) is 7.81. The molecule has 0 aromatic heterocycles. The SMILES string of the molecule is COc1ccc(Br)cc1CC(=O)N1CCC[C@H](CCC(=O)O)C1. The number of carbonyl (C=O) groups is 2. The highest BCUT2D eigenvalue weighted by Crippen LogP contribution is 2.26. The highest BCUT2D eigenvalue weighted by atomic mass is 79.9. The van der Waals surface area contributed by atoms with Gasteiger partial charge in [-0.25, -0.2) is 0 Å². The molecule has 6 heteroatoms. The van der Waals surface area contributed by atoms with Gasteiger partial charge in [0, 0.05) is 29.5 Å². The number of benzene rings is 1. The average Bonchev–Trinajstić information content (AvgIpc) is 2.53. The van der Waals surface area contributed by atoms with Crippen LogP contribution in [0.25, 0.3) is 0 Å². The van der Waals surface area contributed by atoms with Crippen LogP contribution in [0.3, 0.4) is 0 Å². The molecule has 0 saturated carbocycles. The van der Waals surface area contributed by atoms with Gasteiger partial charge in [0.2, 0.25) is 5.91 Å². The number of ether oxygens (including phenoxy) is 1. The van der Waals surface area contributed by atoms with Crippen LogP contribution in [0, 0.1) is 5.92 Å². The summed E-state index contributed by atoms with van der Waals surface area (Å²) in [4.78, 5) is 25.1. The third-order valence-corrected chi connectivity index (χ3v) is 4.72. The van der Waals surface area contributed by atoms with Crippen molar-refractivity contribution in [2.75, 3.05) is 20.2 Å². The Kier molecular flexibility index (Phi) is 6.45. The van der Waals surface area contributed by atoms with Crippen LogP contribution in [0.1, 0.15) is 31.2 Å². The number of rotatable bonds is 6. The Bertz CT molecular complexity index is 576. The third kappa shape index (κ3) is 5.23. The molecule has 1 aromatic rings. The molecule has 0 bridgehead atoms. The van der Waals surface area contributed by atoms with Gasteiger partial charge in [0.25, 0.3) is 0 Å². The molecule has 1 atom stereocenters. The molecule has 1 aromatic carbocycles. The van der Waals surface area contributed by atoms with Gasteiger partial charge >= 0.3 is 5.97 Å². The van der Waals surface area contributed by atoms with Crippen LogP contribution in [0.5, 0.6) is 5.75 Å². The number of carboxylic acids is 1. The van der Waals surface area contributed by atoms with Crippen molar-refractivity contribution in [3.05, 3.63) is 28.2 Å². The largest absolute Gasteiger partial charge is 0.496 e. The van der Waals surface area contributed by atoms with E-state index in [4.69, 9.17) is 9.84 Å². The number of carbonyl (C=O) groups excluding carboxylic acids is 1. The second kappa shape index (κ2) is 8.34. The fraction of sp³-hybridized carbons (Fsp3) is 0.529. The van der Waals surface area contributed by atoms with E-state index in [1.165, 1.54) is 0 Å². The smallest absolute Gasteiger partial charge is 0.303 e. The predicted molar refractivity (Wildman–Crippen MR) is 90.6 cm³/mol. The second-order valence-corrected chi connectivity index (χ2v) is 6.83. The van der Waals surface area contributed by atoms with E-state index in [0.29, 0.717) is 25.1 Å². The molecule has 1 N–H and O–H groups in total. The van der Waals surface area contributed by atoms with Crippen molar-refractivity contribution < 1.29 is 19.4 Å². The average molecular weight is 384 g/mol. The van der Waals surface area contributed by atoms with E-state index in [1.807, 2.05) is 23.1 Å². The summed E-state index contributed by atoms with van der Waals surface area (Å²) in [7, 11) is 1.60. The van der Waals surface area contributed by atoms with Crippen molar-refractivity contribution in [1.82, 2.24) is 4.90 Å². The van der Waals surface area contributed by atoms with Gasteiger partial charge in [0.15, 0.2) is 0 Å². The van der Waals surface area contributed by atoms with Crippen LogP contribution >= 0.6 is 15.9 Å². The number of piperidine rings is 1. The first-order valence-corrected chi connectivity index (χ1v) is 8.61. The lowest BCUT2D eigenvalue weighted by Gasteiger charge is -2.33. The lowest BCUT2D eigenvalue weighted by molar-refractivity contribution is -0.137. The Morgan fingerprint density at radius 2 is 2.22 bits per heavy atom. The van der Waals surface area contributed by atoms with Gasteiger partial charge < -0.3 is 14.7 Å². The van der Waals surface area contributed by atoms with Crippen LogP contribution in [0.4, 0.5) is 0 Å². The molecule has 1 heterocycles. The normalized spacial score (nSPS) is 17.8. The Balaban J connectivity index is 1.97. The van der Waals surface area contributed by atoms with E-state index in [-0.39, 0.29) is 18.2 Å². The van der Waals surface area contributed by atoms with E-state index < -0.39 is 5.97 Å². The van der Waals surface area contributed by atoms with Crippen molar-refractivity contribution in [3.63, 3.8) is 0 Å². The molecule has 1 amide bonds. The molecule has 0 unspecified atom stereocenters. The number of amides is 1. The van der Waals surface area contributed by atoms with Gasteiger partial charge in [-0.15, -0.1) is 0 Å². The first-order chi connectivity index (χ1) is 11.0. The summed E-state index contributed by atoms with van der Waals surface area (Å²) in [5.41, 5.74) is 0.861. The van der Waals surface area contributed by atoms with E-state index in [0.717, 1.165) is 29.4 Å². The molecule has 1 saturated heterocycles. The summed E-state index contributed by atoms with van der Waals surface area (Å²) in [6.07, 6.45) is 3.04. The maximum atomic E-state index is 12.6. The lowest BCUT2D eigenvalue weighted by atomic mass is 9.93. The van der Waals surface area contributed by atoms with Crippen molar-refractivity contribution in [3.8, 4) is 5.75 Å². The maximum Gasteiger partial charge on any atom is 0.303 e. The van der Waals surface area contributed by atoms with Gasteiger partial charge in [-0.05, 0) is 43.4 Å². The van der Waals surface area contributed by atoms with Crippen LogP contribution < -0.4 is 4.74 Å². The van der Waals surface area contributed by atoms with Gasteiger partial charge in [-0.1, -0.05) is 15.9 Å². The Morgan fingerprint density at radius 1 is 1.43 bits per heavy atom. The minimum Gasteiger partial charge on any atom is -0.496 e. The number of nitrogens with zero attached hydrogens (tertiary/aromatic N) is 1. The van der Waals surface area contributed by atoms with Crippen molar-refractivity contribution in [1.29, 1.82) is 0 Å². The highest BCUT2D eigenvalue weighted by molar-refractivity contribution is 9.10. The molecule has 126 valence electrons. The molecule has 1 aliphatic heterocycles. The van der Waals surface area contributed by atoms with Crippen LogP contribution in [-0.2, 0) is 16.0 Å². The van der Waals surface area contributed by atoms with Crippen LogP contribution in [0.15, 0.2) is 22.7 Å². The molecule has 0 aliphatic carbocycles. The zero-order chi connectivity index (χ0) is 16.8.